The van der Waals surface area contributed by atoms with Crippen LogP contribution in [0.25, 0.3) is 0 Å². The minimum atomic E-state index is -0.281. The Morgan fingerprint density at radius 2 is 1.91 bits per heavy atom. The number of hydrazone groups is 1. The fourth-order valence-electron chi connectivity index (χ4n) is 1.90. The van der Waals surface area contributed by atoms with E-state index in [2.05, 4.69) is 61.0 Å². The van der Waals surface area contributed by atoms with Crippen LogP contribution in [0.1, 0.15) is 15.9 Å². The first-order valence-electron chi connectivity index (χ1n) is 6.69. The Morgan fingerprint density at radius 1 is 1.22 bits per heavy atom. The predicted molar refractivity (Wildman–Crippen MR) is 109 cm³/mol. The average molecular weight is 535 g/mol. The molecule has 2 aromatic carbocycles. The lowest BCUT2D eigenvalue weighted by molar-refractivity contribution is 0.0955. The van der Waals surface area contributed by atoms with Crippen molar-refractivity contribution in [3.63, 3.8) is 0 Å². The maximum Gasteiger partial charge on any atom is 0.271 e. The smallest absolute Gasteiger partial charge is 0.271 e. The second-order valence-corrected chi connectivity index (χ2v) is 6.87. The van der Waals surface area contributed by atoms with E-state index in [9.17, 15) is 4.79 Å². The van der Waals surface area contributed by atoms with Gasteiger partial charge >= 0.3 is 0 Å². The molecule has 23 heavy (non-hydrogen) atoms. The topological polar surface area (TPSA) is 62.7 Å². The van der Waals surface area contributed by atoms with E-state index in [4.69, 9.17) is 4.74 Å². The maximum atomic E-state index is 12.0. The largest absolute Gasteiger partial charge is 0.497 e. The van der Waals surface area contributed by atoms with Gasteiger partial charge in [0.25, 0.3) is 5.91 Å². The highest BCUT2D eigenvalue weighted by molar-refractivity contribution is 14.1. The summed E-state index contributed by atoms with van der Waals surface area (Å²) in [5, 5.41) is 7.17. The predicted octanol–water partition coefficient (Wildman–Crippen LogP) is 3.71. The molecule has 0 bridgehead atoms. The summed E-state index contributed by atoms with van der Waals surface area (Å²) >= 11 is 4.53. The number of benzene rings is 2. The molecule has 0 radical (unpaired) electrons. The van der Waals surface area contributed by atoms with Crippen LogP contribution < -0.4 is 15.5 Å². The van der Waals surface area contributed by atoms with Crippen LogP contribution in [0.3, 0.4) is 0 Å². The van der Waals surface area contributed by atoms with Crippen LogP contribution in [0.15, 0.2) is 41.5 Å². The van der Waals surface area contributed by atoms with Crippen molar-refractivity contribution in [3.8, 4) is 5.75 Å². The van der Waals surface area contributed by atoms with Crippen LogP contribution in [0.5, 0.6) is 5.75 Å². The molecule has 0 aromatic heterocycles. The van der Waals surface area contributed by atoms with Gasteiger partial charge in [0.15, 0.2) is 0 Å². The van der Waals surface area contributed by atoms with Gasteiger partial charge < -0.3 is 10.1 Å². The molecule has 120 valence electrons. The number of halogens is 2. The van der Waals surface area contributed by atoms with Crippen molar-refractivity contribution < 1.29 is 9.53 Å². The highest BCUT2D eigenvalue weighted by Crippen LogP contribution is 2.25. The van der Waals surface area contributed by atoms with Gasteiger partial charge in [-0.3, -0.25) is 4.79 Å². The van der Waals surface area contributed by atoms with Crippen molar-refractivity contribution in [2.24, 2.45) is 5.10 Å². The van der Waals surface area contributed by atoms with E-state index >= 15 is 0 Å². The summed E-state index contributed by atoms with van der Waals surface area (Å²) in [6, 6.07) is 10.9. The zero-order valence-electron chi connectivity index (χ0n) is 12.6. The van der Waals surface area contributed by atoms with Gasteiger partial charge in [0.1, 0.15) is 5.75 Å². The number of methoxy groups -OCH3 is 1. The SMILES string of the molecule is CNc1c(I)cc(/C=N\NC(=O)c2cccc(OC)c2)cc1I. The summed E-state index contributed by atoms with van der Waals surface area (Å²) in [5.41, 5.74) is 5.02. The highest BCUT2D eigenvalue weighted by atomic mass is 127. The van der Waals surface area contributed by atoms with E-state index in [0.29, 0.717) is 11.3 Å². The minimum Gasteiger partial charge on any atom is -0.497 e. The number of anilines is 1. The highest BCUT2D eigenvalue weighted by Gasteiger charge is 2.06. The van der Waals surface area contributed by atoms with Gasteiger partial charge in [0, 0.05) is 19.8 Å². The summed E-state index contributed by atoms with van der Waals surface area (Å²) < 4.78 is 7.29. The normalized spacial score (nSPS) is 10.6. The fourth-order valence-corrected chi connectivity index (χ4v) is 4.26. The Balaban J connectivity index is 2.08. The van der Waals surface area contributed by atoms with Crippen molar-refractivity contribution in [3.05, 3.63) is 54.7 Å². The van der Waals surface area contributed by atoms with Crippen LogP contribution in [0.4, 0.5) is 5.69 Å². The van der Waals surface area contributed by atoms with E-state index < -0.39 is 0 Å². The summed E-state index contributed by atoms with van der Waals surface area (Å²) in [4.78, 5) is 12.0. The summed E-state index contributed by atoms with van der Waals surface area (Å²) in [6.07, 6.45) is 1.63. The number of carbonyl (C=O) groups excluding carboxylic acids is 1. The van der Waals surface area contributed by atoms with Crippen molar-refractivity contribution >= 4 is 63.0 Å². The Hall–Kier alpha value is -1.36. The molecule has 0 spiro atoms. The van der Waals surface area contributed by atoms with Gasteiger partial charge in [-0.15, -0.1) is 0 Å². The average Bonchev–Trinajstić information content (AvgIpc) is 2.54. The molecule has 0 heterocycles. The van der Waals surface area contributed by atoms with Gasteiger partial charge in [-0.1, -0.05) is 6.07 Å². The molecule has 0 aliphatic heterocycles. The number of hydrogen-bond donors (Lipinski definition) is 2. The third-order valence-corrected chi connectivity index (χ3v) is 4.73. The van der Waals surface area contributed by atoms with Crippen molar-refractivity contribution in [2.75, 3.05) is 19.5 Å². The molecule has 1 amide bonds. The van der Waals surface area contributed by atoms with Crippen LogP contribution in [-0.2, 0) is 0 Å². The lowest BCUT2D eigenvalue weighted by atomic mass is 10.2. The Bertz CT molecular complexity index is 725. The van der Waals surface area contributed by atoms with E-state index in [1.54, 1.807) is 37.6 Å². The van der Waals surface area contributed by atoms with Gasteiger partial charge in [-0.2, -0.15) is 5.10 Å². The van der Waals surface area contributed by atoms with Crippen LogP contribution >= 0.6 is 45.2 Å². The Labute approximate surface area is 162 Å². The molecule has 0 aliphatic rings. The lowest BCUT2D eigenvalue weighted by Crippen LogP contribution is -2.17. The van der Waals surface area contributed by atoms with Crippen molar-refractivity contribution in [1.29, 1.82) is 0 Å². The monoisotopic (exact) mass is 535 g/mol. The number of nitrogens with one attached hydrogen (secondary N) is 2. The molecular formula is C16H15I2N3O2. The molecule has 0 aliphatic carbocycles. The molecule has 0 atom stereocenters. The second kappa shape index (κ2) is 8.48. The van der Waals surface area contributed by atoms with Gasteiger partial charge in [-0.05, 0) is 81.1 Å². The van der Waals surface area contributed by atoms with E-state index in [1.165, 1.54) is 0 Å². The molecule has 7 heteroatoms. The molecular weight excluding hydrogens is 520 g/mol. The molecule has 0 unspecified atom stereocenters. The van der Waals surface area contributed by atoms with E-state index in [1.807, 2.05) is 19.2 Å². The fraction of sp³-hybridized carbons (Fsp3) is 0.125. The first kappa shape index (κ1) is 18.0. The molecule has 0 saturated heterocycles. The van der Waals surface area contributed by atoms with E-state index in [0.717, 1.165) is 18.4 Å². The van der Waals surface area contributed by atoms with Crippen molar-refractivity contribution in [2.45, 2.75) is 0 Å². The van der Waals surface area contributed by atoms with Gasteiger partial charge in [0.05, 0.1) is 19.0 Å². The van der Waals surface area contributed by atoms with Crippen LogP contribution in [-0.4, -0.2) is 26.3 Å². The van der Waals surface area contributed by atoms with Crippen LogP contribution in [0.2, 0.25) is 0 Å². The first-order chi connectivity index (χ1) is 11.0. The summed E-state index contributed by atoms with van der Waals surface area (Å²) in [7, 11) is 3.45. The zero-order valence-corrected chi connectivity index (χ0v) is 16.9. The molecule has 0 saturated carbocycles. The third-order valence-electron chi connectivity index (χ3n) is 3.03. The number of rotatable bonds is 5. The quantitative estimate of drug-likeness (QED) is 0.349. The van der Waals surface area contributed by atoms with Gasteiger partial charge in [0.2, 0.25) is 0 Å². The lowest BCUT2D eigenvalue weighted by Gasteiger charge is -2.07. The first-order valence-corrected chi connectivity index (χ1v) is 8.85. The van der Waals surface area contributed by atoms with Crippen LogP contribution in [0, 0.1) is 7.14 Å². The van der Waals surface area contributed by atoms with E-state index in [-0.39, 0.29) is 5.91 Å². The summed E-state index contributed by atoms with van der Waals surface area (Å²) in [6.45, 7) is 0. The second-order valence-electron chi connectivity index (χ2n) is 4.54. The zero-order chi connectivity index (χ0) is 16.8. The van der Waals surface area contributed by atoms with Crippen molar-refractivity contribution in [1.82, 2.24) is 5.43 Å². The number of ether oxygens (including phenoxy) is 1. The molecule has 2 rings (SSSR count). The summed E-state index contributed by atoms with van der Waals surface area (Å²) in [5.74, 6) is 0.352. The molecule has 5 nitrogen and oxygen atoms in total. The minimum absolute atomic E-state index is 0.281. The standard InChI is InChI=1S/C16H15I2N3O2/c1-19-15-13(17)6-10(7-14(15)18)9-20-21-16(22)11-4-3-5-12(8-11)23-2/h3-9,19H,1-2H3,(H,21,22)/b20-9-. The number of hydrogen-bond acceptors (Lipinski definition) is 4. The van der Waals surface area contributed by atoms with Gasteiger partial charge in [-0.25, -0.2) is 5.43 Å². The number of carbonyl (C=O) groups is 1. The number of nitrogens with zero attached hydrogens (tertiary/aromatic N) is 1. The number of amides is 1. The maximum absolute atomic E-state index is 12.0. The molecule has 2 aromatic rings. The Morgan fingerprint density at radius 3 is 2.52 bits per heavy atom. The Kier molecular flexibility index (Phi) is 6.63. The molecule has 0 fully saturated rings. The molecule has 2 N–H and O–H groups in total. The third kappa shape index (κ3) is 4.80.